The van der Waals surface area contributed by atoms with Gasteiger partial charge in [-0.2, -0.15) is 5.26 Å². The summed E-state index contributed by atoms with van der Waals surface area (Å²) in [6.45, 7) is 6.97. The summed E-state index contributed by atoms with van der Waals surface area (Å²) in [7, 11) is 0. The summed E-state index contributed by atoms with van der Waals surface area (Å²) < 4.78 is 13.5. The highest BCUT2D eigenvalue weighted by Crippen LogP contribution is 2.24. The lowest BCUT2D eigenvalue weighted by Crippen LogP contribution is -2.00. The maximum Gasteiger partial charge on any atom is 0.129 e. The van der Waals surface area contributed by atoms with Crippen molar-refractivity contribution in [3.8, 4) is 6.07 Å². The first-order valence-electron chi connectivity index (χ1n) is 4.16. The van der Waals surface area contributed by atoms with E-state index in [1.807, 2.05) is 0 Å². The van der Waals surface area contributed by atoms with Gasteiger partial charge in [-0.15, -0.1) is 0 Å². The second kappa shape index (κ2) is 3.18. The van der Waals surface area contributed by atoms with Crippen molar-refractivity contribution in [2.45, 2.75) is 27.7 Å². The Balaban J connectivity index is 3.69. The van der Waals surface area contributed by atoms with Crippen molar-refractivity contribution >= 4 is 0 Å². The molecule has 0 unspecified atom stereocenters. The number of halogens is 1. The number of hydrogen-bond acceptors (Lipinski definition) is 1. The minimum atomic E-state index is -0.186. The van der Waals surface area contributed by atoms with Crippen LogP contribution in [0.5, 0.6) is 0 Å². The van der Waals surface area contributed by atoms with Gasteiger partial charge in [0.1, 0.15) is 5.82 Å². The summed E-state index contributed by atoms with van der Waals surface area (Å²) >= 11 is 0. The molecule has 0 radical (unpaired) electrons. The lowest BCUT2D eigenvalue weighted by atomic mass is 9.94. The highest BCUT2D eigenvalue weighted by atomic mass is 19.1. The van der Waals surface area contributed by atoms with Crippen molar-refractivity contribution in [3.63, 3.8) is 0 Å². The molecule has 0 atom stereocenters. The van der Waals surface area contributed by atoms with E-state index in [-0.39, 0.29) is 5.82 Å². The van der Waals surface area contributed by atoms with E-state index in [9.17, 15) is 4.39 Å². The molecular formula is C11H12FN. The first kappa shape index (κ1) is 9.73. The van der Waals surface area contributed by atoms with E-state index in [4.69, 9.17) is 5.26 Å². The fourth-order valence-electron chi connectivity index (χ4n) is 1.43. The Morgan fingerprint density at radius 1 is 0.923 bits per heavy atom. The highest BCUT2D eigenvalue weighted by Gasteiger charge is 2.13. The first-order chi connectivity index (χ1) is 6.00. The quantitative estimate of drug-likeness (QED) is 0.597. The number of nitriles is 1. The Kier molecular flexibility index (Phi) is 2.38. The lowest BCUT2D eigenvalue weighted by molar-refractivity contribution is 0.605. The minimum Gasteiger partial charge on any atom is -0.206 e. The number of nitrogens with zero attached hydrogens (tertiary/aromatic N) is 1. The van der Waals surface area contributed by atoms with Crippen molar-refractivity contribution < 1.29 is 4.39 Å². The first-order valence-corrected chi connectivity index (χ1v) is 4.16. The number of benzene rings is 1. The van der Waals surface area contributed by atoms with E-state index in [1.54, 1.807) is 27.7 Å². The van der Waals surface area contributed by atoms with Crippen LogP contribution in [0.25, 0.3) is 0 Å². The molecule has 68 valence electrons. The third kappa shape index (κ3) is 1.31. The van der Waals surface area contributed by atoms with Crippen molar-refractivity contribution in [2.24, 2.45) is 0 Å². The molecule has 0 fully saturated rings. The van der Waals surface area contributed by atoms with E-state index in [0.29, 0.717) is 16.7 Å². The molecule has 0 aliphatic rings. The Hall–Kier alpha value is -1.36. The third-order valence-corrected chi connectivity index (χ3v) is 2.65. The molecule has 0 N–H and O–H groups in total. The van der Waals surface area contributed by atoms with Gasteiger partial charge in [-0.05, 0) is 49.9 Å². The number of hydrogen-bond donors (Lipinski definition) is 0. The molecule has 0 amide bonds. The average Bonchev–Trinajstić information content (AvgIpc) is 2.13. The molecule has 1 nitrogen and oxygen atoms in total. The summed E-state index contributed by atoms with van der Waals surface area (Å²) in [6.07, 6.45) is 0. The Morgan fingerprint density at radius 2 is 1.31 bits per heavy atom. The molecule has 1 rings (SSSR count). The molecule has 0 saturated carbocycles. The normalized spacial score (nSPS) is 9.85. The minimum absolute atomic E-state index is 0.186. The molecular weight excluding hydrogens is 165 g/mol. The third-order valence-electron chi connectivity index (χ3n) is 2.65. The second-order valence-corrected chi connectivity index (χ2v) is 3.30. The topological polar surface area (TPSA) is 23.8 Å². The summed E-state index contributed by atoms with van der Waals surface area (Å²) in [4.78, 5) is 0. The maximum atomic E-state index is 13.5. The van der Waals surface area contributed by atoms with Gasteiger partial charge in [0.15, 0.2) is 0 Å². The average molecular weight is 177 g/mol. The molecule has 0 spiro atoms. The van der Waals surface area contributed by atoms with E-state index in [1.165, 1.54) is 0 Å². The predicted molar refractivity (Wildman–Crippen MR) is 50.1 cm³/mol. The van der Waals surface area contributed by atoms with Gasteiger partial charge in [-0.1, -0.05) is 0 Å². The fourth-order valence-corrected chi connectivity index (χ4v) is 1.43. The summed E-state index contributed by atoms with van der Waals surface area (Å²) in [5, 5.41) is 8.87. The van der Waals surface area contributed by atoms with Gasteiger partial charge in [0, 0.05) is 0 Å². The molecule has 0 aliphatic heterocycles. The summed E-state index contributed by atoms with van der Waals surface area (Å²) in [6, 6.07) is 2.11. The predicted octanol–water partition coefficient (Wildman–Crippen LogP) is 2.93. The smallest absolute Gasteiger partial charge is 0.129 e. The van der Waals surface area contributed by atoms with Crippen molar-refractivity contribution in [3.05, 3.63) is 33.6 Å². The Labute approximate surface area is 77.8 Å². The summed E-state index contributed by atoms with van der Waals surface area (Å²) in [5.74, 6) is -0.186. The van der Waals surface area contributed by atoms with Gasteiger partial charge in [0.2, 0.25) is 0 Å². The van der Waals surface area contributed by atoms with Crippen LogP contribution >= 0.6 is 0 Å². The zero-order chi connectivity index (χ0) is 10.2. The Bertz CT molecular complexity index is 371. The van der Waals surface area contributed by atoms with Crippen LogP contribution < -0.4 is 0 Å². The van der Waals surface area contributed by atoms with Crippen LogP contribution in [0.1, 0.15) is 27.8 Å². The SMILES string of the molecule is Cc1c(C)c(C#N)c(C)c(C)c1F. The van der Waals surface area contributed by atoms with Crippen LogP contribution in [0.15, 0.2) is 0 Å². The van der Waals surface area contributed by atoms with Gasteiger partial charge in [0.05, 0.1) is 11.6 Å². The van der Waals surface area contributed by atoms with Gasteiger partial charge < -0.3 is 0 Å². The van der Waals surface area contributed by atoms with Crippen molar-refractivity contribution in [1.82, 2.24) is 0 Å². The molecule has 0 saturated heterocycles. The molecule has 13 heavy (non-hydrogen) atoms. The molecule has 1 aromatic rings. The van der Waals surface area contributed by atoms with Crippen LogP contribution in [0.2, 0.25) is 0 Å². The summed E-state index contributed by atoms with van der Waals surface area (Å²) in [5.41, 5.74) is 3.28. The van der Waals surface area contributed by atoms with E-state index < -0.39 is 0 Å². The largest absolute Gasteiger partial charge is 0.206 e. The highest BCUT2D eigenvalue weighted by molar-refractivity contribution is 5.51. The molecule has 0 aliphatic carbocycles. The van der Waals surface area contributed by atoms with E-state index in [2.05, 4.69) is 6.07 Å². The molecule has 2 heteroatoms. The lowest BCUT2D eigenvalue weighted by Gasteiger charge is -2.11. The monoisotopic (exact) mass is 177 g/mol. The second-order valence-electron chi connectivity index (χ2n) is 3.30. The number of rotatable bonds is 0. The van der Waals surface area contributed by atoms with Crippen LogP contribution in [0, 0.1) is 44.8 Å². The standard InChI is InChI=1S/C11H12FN/c1-6-8(3)11(12)9(4)7(2)10(6)5-13/h1-4H3. The van der Waals surface area contributed by atoms with Crippen molar-refractivity contribution in [2.75, 3.05) is 0 Å². The van der Waals surface area contributed by atoms with Gasteiger partial charge in [0.25, 0.3) is 0 Å². The molecule has 0 aromatic heterocycles. The molecule has 0 heterocycles. The van der Waals surface area contributed by atoms with E-state index in [0.717, 1.165) is 11.1 Å². The van der Waals surface area contributed by atoms with Gasteiger partial charge in [-0.25, -0.2) is 4.39 Å². The molecule has 1 aromatic carbocycles. The van der Waals surface area contributed by atoms with Gasteiger partial charge in [-0.3, -0.25) is 0 Å². The van der Waals surface area contributed by atoms with Crippen LogP contribution in [-0.2, 0) is 0 Å². The van der Waals surface area contributed by atoms with Crippen LogP contribution in [-0.4, -0.2) is 0 Å². The van der Waals surface area contributed by atoms with Crippen molar-refractivity contribution in [1.29, 1.82) is 5.26 Å². The van der Waals surface area contributed by atoms with Crippen LogP contribution in [0.4, 0.5) is 4.39 Å². The zero-order valence-electron chi connectivity index (χ0n) is 8.33. The molecule has 0 bridgehead atoms. The van der Waals surface area contributed by atoms with Crippen LogP contribution in [0.3, 0.4) is 0 Å². The Morgan fingerprint density at radius 3 is 1.62 bits per heavy atom. The fraction of sp³-hybridized carbons (Fsp3) is 0.364. The maximum absolute atomic E-state index is 13.5. The van der Waals surface area contributed by atoms with E-state index >= 15 is 0 Å². The zero-order valence-corrected chi connectivity index (χ0v) is 8.33. The van der Waals surface area contributed by atoms with Gasteiger partial charge >= 0.3 is 0 Å².